The average Bonchev–Trinajstić information content (AvgIpc) is 3.13. The molecule has 1 aromatic rings. The van der Waals surface area contributed by atoms with E-state index in [2.05, 4.69) is 5.32 Å². The topological polar surface area (TPSA) is 66.0 Å². The van der Waals surface area contributed by atoms with Crippen LogP contribution in [0.1, 0.15) is 12.0 Å². The van der Waals surface area contributed by atoms with Crippen LogP contribution in [-0.2, 0) is 9.53 Å². The second-order valence-electron chi connectivity index (χ2n) is 5.70. The zero-order chi connectivity index (χ0) is 18.3. The van der Waals surface area contributed by atoms with E-state index in [9.17, 15) is 4.79 Å². The zero-order valence-electron chi connectivity index (χ0n) is 15.1. The predicted molar refractivity (Wildman–Crippen MR) is 99.8 cm³/mol. The van der Waals surface area contributed by atoms with Crippen molar-refractivity contribution >= 4 is 23.7 Å². The van der Waals surface area contributed by atoms with Crippen molar-refractivity contribution < 1.29 is 23.7 Å². The van der Waals surface area contributed by atoms with E-state index in [1.54, 1.807) is 46.6 Å². The van der Waals surface area contributed by atoms with Gasteiger partial charge in [0.2, 0.25) is 11.7 Å². The minimum absolute atomic E-state index is 0.165. The number of carbonyl (C=O) groups excluding carboxylic acids is 1. The van der Waals surface area contributed by atoms with Crippen LogP contribution in [0.25, 0.3) is 6.08 Å². The Morgan fingerprint density at radius 3 is 2.36 bits per heavy atom. The lowest BCUT2D eigenvalue weighted by molar-refractivity contribution is -0.117. The molecule has 1 aliphatic heterocycles. The van der Waals surface area contributed by atoms with Gasteiger partial charge < -0.3 is 24.3 Å². The van der Waals surface area contributed by atoms with Crippen LogP contribution in [0.4, 0.5) is 0 Å². The Morgan fingerprint density at radius 2 is 1.88 bits per heavy atom. The highest BCUT2D eigenvalue weighted by Gasteiger charge is 2.34. The quantitative estimate of drug-likeness (QED) is 0.712. The minimum atomic E-state index is -0.249. The minimum Gasteiger partial charge on any atom is -0.493 e. The highest BCUT2D eigenvalue weighted by molar-refractivity contribution is 7.99. The van der Waals surface area contributed by atoms with Crippen molar-refractivity contribution in [3.8, 4) is 17.2 Å². The summed E-state index contributed by atoms with van der Waals surface area (Å²) in [6.45, 7) is 0.509. The Hall–Kier alpha value is -1.86. The number of amides is 1. The molecule has 25 heavy (non-hydrogen) atoms. The summed E-state index contributed by atoms with van der Waals surface area (Å²) in [6, 6.07) is 3.57. The molecular formula is C18H25NO5S. The first-order chi connectivity index (χ1) is 12.1. The second kappa shape index (κ2) is 9.01. The first-order valence-electron chi connectivity index (χ1n) is 7.96. The van der Waals surface area contributed by atoms with Gasteiger partial charge in [0, 0.05) is 25.5 Å². The predicted octanol–water partition coefficient (Wildman–Crippen LogP) is 2.36. The van der Waals surface area contributed by atoms with Gasteiger partial charge in [-0.1, -0.05) is 0 Å². The molecule has 1 N–H and O–H groups in total. The first-order valence-corrected chi connectivity index (χ1v) is 9.12. The van der Waals surface area contributed by atoms with Gasteiger partial charge in [-0.05, 0) is 35.9 Å². The molecule has 1 fully saturated rings. The second-order valence-corrected chi connectivity index (χ2v) is 6.80. The number of thioether (sulfide) groups is 1. The van der Waals surface area contributed by atoms with E-state index in [4.69, 9.17) is 18.9 Å². The standard InChI is InChI=1S/C18H25NO5S/c1-21-14-9-13(10-15(22-2)17(14)23-3)5-6-16(20)19-11-18(24-4)7-8-25-12-18/h5-6,9-10H,7-8,11-12H2,1-4H3,(H,19,20)/b6-5+. The van der Waals surface area contributed by atoms with Crippen molar-refractivity contribution in [3.05, 3.63) is 23.8 Å². The van der Waals surface area contributed by atoms with Gasteiger partial charge in [0.1, 0.15) is 0 Å². The van der Waals surface area contributed by atoms with Gasteiger partial charge in [0.05, 0.1) is 26.9 Å². The molecule has 0 spiro atoms. The first kappa shape index (κ1) is 19.5. The maximum Gasteiger partial charge on any atom is 0.244 e. The molecule has 0 saturated carbocycles. The fourth-order valence-corrected chi connectivity index (χ4v) is 4.03. The van der Waals surface area contributed by atoms with Crippen LogP contribution in [0.5, 0.6) is 17.2 Å². The third kappa shape index (κ3) is 4.83. The van der Waals surface area contributed by atoms with E-state index < -0.39 is 0 Å². The van der Waals surface area contributed by atoms with E-state index in [1.165, 1.54) is 6.08 Å². The van der Waals surface area contributed by atoms with Gasteiger partial charge in [0.25, 0.3) is 0 Å². The summed E-state index contributed by atoms with van der Waals surface area (Å²) in [7, 11) is 6.36. The van der Waals surface area contributed by atoms with Gasteiger partial charge in [-0.3, -0.25) is 4.79 Å². The number of hydrogen-bond acceptors (Lipinski definition) is 6. The van der Waals surface area contributed by atoms with Crippen LogP contribution in [0.15, 0.2) is 18.2 Å². The van der Waals surface area contributed by atoms with Gasteiger partial charge in [-0.15, -0.1) is 0 Å². The van der Waals surface area contributed by atoms with E-state index in [0.717, 1.165) is 23.5 Å². The molecule has 6 nitrogen and oxygen atoms in total. The molecular weight excluding hydrogens is 342 g/mol. The van der Waals surface area contributed by atoms with E-state index in [1.807, 2.05) is 11.8 Å². The molecule has 138 valence electrons. The largest absolute Gasteiger partial charge is 0.493 e. The number of hydrogen-bond donors (Lipinski definition) is 1. The number of nitrogens with one attached hydrogen (secondary N) is 1. The summed E-state index contributed by atoms with van der Waals surface area (Å²) in [4.78, 5) is 12.1. The van der Waals surface area contributed by atoms with E-state index >= 15 is 0 Å². The molecule has 2 rings (SSSR count). The number of carbonyl (C=O) groups is 1. The third-order valence-electron chi connectivity index (χ3n) is 4.20. The highest BCUT2D eigenvalue weighted by atomic mass is 32.2. The molecule has 1 amide bonds. The molecule has 1 aliphatic rings. The molecule has 0 bridgehead atoms. The van der Waals surface area contributed by atoms with Gasteiger partial charge >= 0.3 is 0 Å². The van der Waals surface area contributed by atoms with Gasteiger partial charge in [-0.25, -0.2) is 0 Å². The number of rotatable bonds is 8. The number of ether oxygens (including phenoxy) is 4. The molecule has 0 aromatic heterocycles. The van der Waals surface area contributed by atoms with Crippen LogP contribution >= 0.6 is 11.8 Å². The van der Waals surface area contributed by atoms with E-state index in [-0.39, 0.29) is 11.5 Å². The molecule has 0 aliphatic carbocycles. The van der Waals surface area contributed by atoms with Crippen molar-refractivity contribution in [3.63, 3.8) is 0 Å². The molecule has 0 radical (unpaired) electrons. The molecule has 1 unspecified atom stereocenters. The average molecular weight is 367 g/mol. The number of methoxy groups -OCH3 is 4. The zero-order valence-corrected chi connectivity index (χ0v) is 15.9. The lowest BCUT2D eigenvalue weighted by Gasteiger charge is -2.26. The van der Waals surface area contributed by atoms with Crippen LogP contribution in [-0.4, -0.2) is 58.0 Å². The molecule has 7 heteroatoms. The summed E-state index contributed by atoms with van der Waals surface area (Å²) in [5.74, 6) is 3.41. The van der Waals surface area contributed by atoms with Crippen molar-refractivity contribution in [2.24, 2.45) is 0 Å². The molecule has 1 heterocycles. The van der Waals surface area contributed by atoms with E-state index in [0.29, 0.717) is 23.8 Å². The summed E-state index contributed by atoms with van der Waals surface area (Å²) >= 11 is 1.85. The Bertz CT molecular complexity index is 601. The normalized spacial score (nSPS) is 19.8. The Morgan fingerprint density at radius 1 is 1.20 bits per heavy atom. The smallest absolute Gasteiger partial charge is 0.244 e. The fourth-order valence-electron chi connectivity index (χ4n) is 2.64. The van der Waals surface area contributed by atoms with Crippen molar-refractivity contribution in [1.82, 2.24) is 5.32 Å². The van der Waals surface area contributed by atoms with Crippen molar-refractivity contribution in [2.75, 3.05) is 46.5 Å². The molecule has 1 atom stereocenters. The highest BCUT2D eigenvalue weighted by Crippen LogP contribution is 2.38. The molecule has 1 aromatic carbocycles. The third-order valence-corrected chi connectivity index (χ3v) is 5.42. The summed E-state index contributed by atoms with van der Waals surface area (Å²) < 4.78 is 21.5. The summed E-state index contributed by atoms with van der Waals surface area (Å²) in [6.07, 6.45) is 4.15. The maximum atomic E-state index is 12.1. The SMILES string of the molecule is COc1cc(/C=C/C(=O)NCC2(OC)CCSC2)cc(OC)c1OC. The Kier molecular flexibility index (Phi) is 7.01. The Balaban J connectivity index is 2.04. The molecule has 1 saturated heterocycles. The van der Waals surface area contributed by atoms with Gasteiger partial charge in [0.15, 0.2) is 11.5 Å². The lowest BCUT2D eigenvalue weighted by Crippen LogP contribution is -2.44. The monoisotopic (exact) mass is 367 g/mol. The van der Waals surface area contributed by atoms with Crippen LogP contribution in [0.2, 0.25) is 0 Å². The van der Waals surface area contributed by atoms with Crippen LogP contribution < -0.4 is 19.5 Å². The number of benzene rings is 1. The fraction of sp³-hybridized carbons (Fsp3) is 0.500. The van der Waals surface area contributed by atoms with Crippen molar-refractivity contribution in [1.29, 1.82) is 0 Å². The summed E-state index contributed by atoms with van der Waals surface area (Å²) in [5, 5.41) is 2.92. The van der Waals surface area contributed by atoms with Gasteiger partial charge in [-0.2, -0.15) is 11.8 Å². The van der Waals surface area contributed by atoms with Crippen molar-refractivity contribution in [2.45, 2.75) is 12.0 Å². The maximum absolute atomic E-state index is 12.1. The Labute approximate surface area is 152 Å². The summed E-state index contributed by atoms with van der Waals surface area (Å²) in [5.41, 5.74) is 0.531. The van der Waals surface area contributed by atoms with Crippen LogP contribution in [0.3, 0.4) is 0 Å². The lowest BCUT2D eigenvalue weighted by atomic mass is 10.0. The van der Waals surface area contributed by atoms with Crippen LogP contribution in [0, 0.1) is 0 Å².